The second kappa shape index (κ2) is 5.75. The van der Waals surface area contributed by atoms with Gasteiger partial charge >= 0.3 is 5.97 Å². The van der Waals surface area contributed by atoms with E-state index in [1.54, 1.807) is 13.8 Å². The van der Waals surface area contributed by atoms with Gasteiger partial charge in [-0.25, -0.2) is 9.18 Å². The maximum Gasteiger partial charge on any atom is 0.329 e. The molecule has 0 amide bonds. The van der Waals surface area contributed by atoms with E-state index in [-0.39, 0.29) is 12.4 Å². The number of aryl methyl sites for hydroxylation is 2. The van der Waals surface area contributed by atoms with Gasteiger partial charge in [0.1, 0.15) is 18.5 Å². The van der Waals surface area contributed by atoms with Crippen molar-refractivity contribution in [3.63, 3.8) is 0 Å². The Morgan fingerprint density at radius 1 is 1.41 bits per heavy atom. The van der Waals surface area contributed by atoms with Crippen LogP contribution in [-0.2, 0) is 9.53 Å². The average Bonchev–Trinajstić information content (AvgIpc) is 2.14. The van der Waals surface area contributed by atoms with Crippen LogP contribution in [0.3, 0.4) is 0 Å². The van der Waals surface area contributed by atoms with Crippen LogP contribution < -0.4 is 0 Å². The number of hydrogen-bond acceptors (Lipinski definition) is 3. The van der Waals surface area contributed by atoms with Crippen LogP contribution in [0, 0.1) is 19.7 Å². The van der Waals surface area contributed by atoms with Crippen molar-refractivity contribution in [2.75, 3.05) is 13.2 Å². The molecule has 1 aromatic carbocycles. The summed E-state index contributed by atoms with van der Waals surface area (Å²) in [6.45, 7) is 2.79. The Labute approximate surface area is 98.7 Å². The van der Waals surface area contributed by atoms with Crippen LogP contribution in [0.1, 0.15) is 22.8 Å². The first-order chi connectivity index (χ1) is 7.91. The smallest absolute Gasteiger partial charge is 0.329 e. The quantitative estimate of drug-likeness (QED) is 0.822. The van der Waals surface area contributed by atoms with Crippen LogP contribution >= 0.6 is 0 Å². The molecule has 1 atom stereocenters. The Morgan fingerprint density at radius 2 is 1.94 bits per heavy atom. The third kappa shape index (κ3) is 3.80. The van der Waals surface area contributed by atoms with E-state index < -0.39 is 18.7 Å². The van der Waals surface area contributed by atoms with E-state index in [0.29, 0.717) is 16.7 Å². The summed E-state index contributed by atoms with van der Waals surface area (Å²) < 4.78 is 17.8. The van der Waals surface area contributed by atoms with Crippen molar-refractivity contribution in [3.05, 3.63) is 34.6 Å². The van der Waals surface area contributed by atoms with Crippen LogP contribution in [0.5, 0.6) is 0 Å². The lowest BCUT2D eigenvalue weighted by molar-refractivity contribution is -0.143. The molecule has 0 fully saturated rings. The van der Waals surface area contributed by atoms with E-state index in [4.69, 9.17) is 9.84 Å². The normalized spacial score (nSPS) is 12.5. The summed E-state index contributed by atoms with van der Waals surface area (Å²) in [7, 11) is 0. The maximum atomic E-state index is 13.0. The van der Waals surface area contributed by atoms with Crippen molar-refractivity contribution >= 4 is 5.97 Å². The third-order valence-electron chi connectivity index (χ3n) is 2.39. The summed E-state index contributed by atoms with van der Waals surface area (Å²) in [5, 5.41) is 18.2. The number of hydrogen-bond donors (Lipinski definition) is 2. The molecule has 0 heterocycles. The monoisotopic (exact) mass is 242 g/mol. The number of ether oxygens (including phenoxy) is 1. The van der Waals surface area contributed by atoms with Gasteiger partial charge in [-0.05, 0) is 42.7 Å². The van der Waals surface area contributed by atoms with Crippen molar-refractivity contribution in [1.29, 1.82) is 0 Å². The minimum atomic E-state index is -1.09. The molecular weight excluding hydrogens is 227 g/mol. The molecule has 17 heavy (non-hydrogen) atoms. The van der Waals surface area contributed by atoms with E-state index in [1.165, 1.54) is 12.1 Å². The molecule has 0 aromatic heterocycles. The van der Waals surface area contributed by atoms with Gasteiger partial charge in [0.05, 0.1) is 6.61 Å². The molecule has 1 rings (SSSR count). The molecule has 0 aliphatic rings. The third-order valence-corrected chi connectivity index (χ3v) is 2.39. The highest BCUT2D eigenvalue weighted by Gasteiger charge is 2.15. The molecule has 0 radical (unpaired) electrons. The number of aliphatic hydroxyl groups is 1. The lowest BCUT2D eigenvalue weighted by atomic mass is 9.98. The van der Waals surface area contributed by atoms with E-state index in [1.807, 2.05) is 0 Å². The summed E-state index contributed by atoms with van der Waals surface area (Å²) in [5.74, 6) is -1.45. The van der Waals surface area contributed by atoms with Gasteiger partial charge in [-0.3, -0.25) is 0 Å². The highest BCUT2D eigenvalue weighted by molar-refractivity contribution is 5.67. The Morgan fingerprint density at radius 3 is 2.41 bits per heavy atom. The first-order valence-corrected chi connectivity index (χ1v) is 5.16. The number of rotatable bonds is 5. The van der Waals surface area contributed by atoms with E-state index >= 15 is 0 Å². The zero-order chi connectivity index (χ0) is 13.0. The second-order valence-corrected chi connectivity index (χ2v) is 3.88. The van der Waals surface area contributed by atoms with Gasteiger partial charge in [0.25, 0.3) is 0 Å². The van der Waals surface area contributed by atoms with Crippen molar-refractivity contribution in [2.24, 2.45) is 0 Å². The lowest BCUT2D eigenvalue weighted by Gasteiger charge is -2.16. The van der Waals surface area contributed by atoms with Crippen LogP contribution in [0.25, 0.3) is 0 Å². The molecule has 0 spiro atoms. The summed E-state index contributed by atoms with van der Waals surface area (Å²) >= 11 is 0. The number of halogens is 1. The maximum absolute atomic E-state index is 13.0. The summed E-state index contributed by atoms with van der Waals surface area (Å²) in [4.78, 5) is 10.2. The zero-order valence-corrected chi connectivity index (χ0v) is 9.74. The molecule has 2 N–H and O–H groups in total. The van der Waals surface area contributed by atoms with Crippen LogP contribution in [-0.4, -0.2) is 29.4 Å². The average molecular weight is 242 g/mol. The summed E-state index contributed by atoms with van der Waals surface area (Å²) in [6.07, 6.45) is -0.949. The van der Waals surface area contributed by atoms with Crippen LogP contribution in [0.15, 0.2) is 12.1 Å². The fraction of sp³-hybridized carbons (Fsp3) is 0.417. The Balaban J connectivity index is 2.75. The summed E-state index contributed by atoms with van der Waals surface area (Å²) in [6, 6.07) is 2.64. The fourth-order valence-electron chi connectivity index (χ4n) is 1.79. The van der Waals surface area contributed by atoms with Gasteiger partial charge in [-0.15, -0.1) is 0 Å². The molecule has 5 heteroatoms. The van der Waals surface area contributed by atoms with Crippen molar-refractivity contribution in [1.82, 2.24) is 0 Å². The standard InChI is InChI=1S/C12H15FO4/c1-7-3-9(13)4-8(2)12(7)10(14)5-17-6-11(15)16/h3-4,10,14H,5-6H2,1-2H3,(H,15,16). The van der Waals surface area contributed by atoms with Gasteiger partial charge in [0.15, 0.2) is 0 Å². The van der Waals surface area contributed by atoms with Gasteiger partial charge in [0.2, 0.25) is 0 Å². The Kier molecular flexibility index (Phi) is 4.60. The minimum Gasteiger partial charge on any atom is -0.480 e. The highest BCUT2D eigenvalue weighted by atomic mass is 19.1. The van der Waals surface area contributed by atoms with Crippen LogP contribution in [0.4, 0.5) is 4.39 Å². The number of carbonyl (C=O) groups is 1. The van der Waals surface area contributed by atoms with Crippen molar-refractivity contribution in [3.8, 4) is 0 Å². The second-order valence-electron chi connectivity index (χ2n) is 3.88. The molecule has 0 aliphatic heterocycles. The fourth-order valence-corrected chi connectivity index (χ4v) is 1.79. The van der Waals surface area contributed by atoms with Gasteiger partial charge in [-0.2, -0.15) is 0 Å². The number of carboxylic acid groups (broad SMARTS) is 1. The van der Waals surface area contributed by atoms with Crippen molar-refractivity contribution in [2.45, 2.75) is 20.0 Å². The largest absolute Gasteiger partial charge is 0.480 e. The zero-order valence-electron chi connectivity index (χ0n) is 9.74. The molecule has 1 aromatic rings. The molecule has 0 aliphatic carbocycles. The molecule has 0 saturated heterocycles. The predicted molar refractivity (Wildman–Crippen MR) is 59.3 cm³/mol. The topological polar surface area (TPSA) is 66.8 Å². The number of aliphatic hydroxyl groups excluding tert-OH is 1. The molecule has 1 unspecified atom stereocenters. The number of aliphatic carboxylic acids is 1. The highest BCUT2D eigenvalue weighted by Crippen LogP contribution is 2.23. The first-order valence-electron chi connectivity index (χ1n) is 5.16. The SMILES string of the molecule is Cc1cc(F)cc(C)c1C(O)COCC(=O)O. The van der Waals surface area contributed by atoms with Crippen molar-refractivity contribution < 1.29 is 24.1 Å². The molecule has 94 valence electrons. The Bertz CT molecular complexity index is 394. The molecule has 4 nitrogen and oxygen atoms in total. The van der Waals surface area contributed by atoms with E-state index in [2.05, 4.69) is 0 Å². The van der Waals surface area contributed by atoms with E-state index in [0.717, 1.165) is 0 Å². The van der Waals surface area contributed by atoms with Gasteiger partial charge in [-0.1, -0.05) is 0 Å². The molecule has 0 bridgehead atoms. The van der Waals surface area contributed by atoms with Gasteiger partial charge < -0.3 is 14.9 Å². The predicted octanol–water partition coefficient (Wildman–Crippen LogP) is 1.58. The van der Waals surface area contributed by atoms with Crippen LogP contribution in [0.2, 0.25) is 0 Å². The Hall–Kier alpha value is -1.46. The number of benzene rings is 1. The van der Waals surface area contributed by atoms with E-state index in [9.17, 15) is 14.3 Å². The number of carboxylic acids is 1. The lowest BCUT2D eigenvalue weighted by Crippen LogP contribution is -2.14. The minimum absolute atomic E-state index is 0.125. The first kappa shape index (κ1) is 13.6. The summed E-state index contributed by atoms with van der Waals surface area (Å²) in [5.41, 5.74) is 1.82. The molecule has 0 saturated carbocycles. The van der Waals surface area contributed by atoms with Gasteiger partial charge in [0, 0.05) is 0 Å². The molecular formula is C12H15FO4.